The van der Waals surface area contributed by atoms with Crippen LogP contribution in [0.5, 0.6) is 0 Å². The molecule has 4 rings (SSSR count). The first-order chi connectivity index (χ1) is 11.6. The molecule has 4 nitrogen and oxygen atoms in total. The highest BCUT2D eigenvalue weighted by atomic mass is 32.2. The summed E-state index contributed by atoms with van der Waals surface area (Å²) < 4.78 is 29.7. The number of aryl methyl sites for hydroxylation is 2. The molecule has 0 N–H and O–H groups in total. The molecule has 3 aliphatic rings. The lowest BCUT2D eigenvalue weighted by molar-refractivity contribution is 0.0574. The van der Waals surface area contributed by atoms with Gasteiger partial charge in [-0.2, -0.15) is 0 Å². The summed E-state index contributed by atoms with van der Waals surface area (Å²) in [5, 5.41) is 0. The lowest BCUT2D eigenvalue weighted by Gasteiger charge is -2.30. The van der Waals surface area contributed by atoms with E-state index in [4.69, 9.17) is 4.74 Å². The Kier molecular flexibility index (Phi) is 4.67. The molecule has 0 bridgehead atoms. The predicted molar refractivity (Wildman–Crippen MR) is 94.9 cm³/mol. The monoisotopic (exact) mass is 349 g/mol. The van der Waals surface area contributed by atoms with Gasteiger partial charge in [0.1, 0.15) is 0 Å². The topological polar surface area (TPSA) is 46.6 Å². The minimum atomic E-state index is -2.86. The minimum Gasteiger partial charge on any atom is -0.377 e. The maximum Gasteiger partial charge on any atom is 0.151 e. The zero-order chi connectivity index (χ0) is 16.6. The first kappa shape index (κ1) is 16.6. The van der Waals surface area contributed by atoms with Crippen molar-refractivity contribution in [3.8, 4) is 0 Å². The average molecular weight is 349 g/mol. The highest BCUT2D eigenvalue weighted by Gasteiger charge is 2.34. The molecule has 1 aromatic carbocycles. The van der Waals surface area contributed by atoms with Crippen LogP contribution in [-0.4, -0.2) is 50.1 Å². The van der Waals surface area contributed by atoms with Crippen LogP contribution in [0.25, 0.3) is 0 Å². The van der Waals surface area contributed by atoms with Gasteiger partial charge in [-0.25, -0.2) is 8.42 Å². The van der Waals surface area contributed by atoms with Gasteiger partial charge in [0.15, 0.2) is 9.84 Å². The van der Waals surface area contributed by atoms with Crippen LogP contribution in [0.2, 0.25) is 0 Å². The fourth-order valence-corrected chi connectivity index (χ4v) is 6.18. The van der Waals surface area contributed by atoms with Crippen LogP contribution in [0.3, 0.4) is 0 Å². The van der Waals surface area contributed by atoms with Crippen LogP contribution in [-0.2, 0) is 34.0 Å². The van der Waals surface area contributed by atoms with Gasteiger partial charge in [0.25, 0.3) is 0 Å². The van der Waals surface area contributed by atoms with Gasteiger partial charge in [-0.3, -0.25) is 4.90 Å². The predicted octanol–water partition coefficient (Wildman–Crippen LogP) is 2.34. The highest BCUT2D eigenvalue weighted by molar-refractivity contribution is 7.91. The Morgan fingerprint density at radius 1 is 1.12 bits per heavy atom. The number of nitrogens with zero attached hydrogens (tertiary/aromatic N) is 1. The Morgan fingerprint density at radius 2 is 2.00 bits per heavy atom. The Labute approximate surface area is 145 Å². The largest absolute Gasteiger partial charge is 0.377 e. The van der Waals surface area contributed by atoms with Crippen molar-refractivity contribution in [1.82, 2.24) is 4.90 Å². The second kappa shape index (κ2) is 6.77. The summed E-state index contributed by atoms with van der Waals surface area (Å²) in [5.74, 6) is 0.647. The molecule has 1 aliphatic carbocycles. The standard InChI is InChI=1S/C19H27NO3S/c21-24(22)10-8-18(14-24)20(13-19-5-2-9-23-19)12-15-6-7-16-3-1-4-17(16)11-15/h6-7,11,18-19H,1-5,8-10,12-14H2/t18-,19-/m1/s1. The van der Waals surface area contributed by atoms with Crippen LogP contribution in [0.4, 0.5) is 0 Å². The molecule has 2 aliphatic heterocycles. The van der Waals surface area contributed by atoms with E-state index in [0.717, 1.165) is 39.0 Å². The Balaban J connectivity index is 1.51. The first-order valence-corrected chi connectivity index (χ1v) is 11.1. The third-order valence-electron chi connectivity index (χ3n) is 5.74. The number of rotatable bonds is 5. The lowest BCUT2D eigenvalue weighted by atomic mass is 10.0. The Hall–Kier alpha value is -0.910. The van der Waals surface area contributed by atoms with Crippen molar-refractivity contribution in [2.75, 3.05) is 24.7 Å². The number of benzene rings is 1. The SMILES string of the molecule is O=S1(=O)CC[C@@H](N(Cc2ccc3c(c2)CCC3)C[C@H]2CCCO2)C1. The summed E-state index contributed by atoms with van der Waals surface area (Å²) in [5.41, 5.74) is 4.30. The van der Waals surface area contributed by atoms with E-state index in [1.807, 2.05) is 0 Å². The molecule has 0 amide bonds. The zero-order valence-electron chi connectivity index (χ0n) is 14.2. The molecule has 2 heterocycles. The van der Waals surface area contributed by atoms with Gasteiger partial charge in [0.2, 0.25) is 0 Å². The maximum absolute atomic E-state index is 11.9. The fraction of sp³-hybridized carbons (Fsp3) is 0.684. The summed E-state index contributed by atoms with van der Waals surface area (Å²) in [4.78, 5) is 2.37. The van der Waals surface area contributed by atoms with Gasteiger partial charge < -0.3 is 4.74 Å². The van der Waals surface area contributed by atoms with E-state index < -0.39 is 9.84 Å². The molecule has 2 saturated heterocycles. The van der Waals surface area contributed by atoms with E-state index in [9.17, 15) is 8.42 Å². The fourth-order valence-electron chi connectivity index (χ4n) is 4.41. The van der Waals surface area contributed by atoms with E-state index in [1.54, 1.807) is 0 Å². The molecular formula is C19H27NO3S. The van der Waals surface area contributed by atoms with Gasteiger partial charge >= 0.3 is 0 Å². The van der Waals surface area contributed by atoms with E-state index in [2.05, 4.69) is 23.1 Å². The smallest absolute Gasteiger partial charge is 0.151 e. The van der Waals surface area contributed by atoms with E-state index in [1.165, 1.54) is 36.0 Å². The van der Waals surface area contributed by atoms with Gasteiger partial charge in [-0.15, -0.1) is 0 Å². The van der Waals surface area contributed by atoms with E-state index >= 15 is 0 Å². The molecular weight excluding hydrogens is 322 g/mol. The van der Waals surface area contributed by atoms with Gasteiger partial charge in [-0.1, -0.05) is 18.2 Å². The molecule has 5 heteroatoms. The van der Waals surface area contributed by atoms with E-state index in [-0.39, 0.29) is 12.1 Å². The van der Waals surface area contributed by atoms with Crippen molar-refractivity contribution in [3.63, 3.8) is 0 Å². The molecule has 2 fully saturated rings. The number of hydrogen-bond donors (Lipinski definition) is 0. The van der Waals surface area contributed by atoms with Crippen LogP contribution in [0.1, 0.15) is 42.4 Å². The van der Waals surface area contributed by atoms with Crippen molar-refractivity contribution in [2.24, 2.45) is 0 Å². The molecule has 0 radical (unpaired) electrons. The van der Waals surface area contributed by atoms with Crippen LogP contribution in [0, 0.1) is 0 Å². The van der Waals surface area contributed by atoms with E-state index in [0.29, 0.717) is 11.5 Å². The number of fused-ring (bicyclic) bond motifs is 1. The summed E-state index contributed by atoms with van der Waals surface area (Å²) in [6.45, 7) is 2.55. The third kappa shape index (κ3) is 3.68. The number of sulfone groups is 1. The molecule has 0 unspecified atom stereocenters. The minimum absolute atomic E-state index is 0.146. The summed E-state index contributed by atoms with van der Waals surface area (Å²) in [6, 6.07) is 6.99. The Morgan fingerprint density at radius 3 is 2.75 bits per heavy atom. The molecule has 0 aromatic heterocycles. The zero-order valence-corrected chi connectivity index (χ0v) is 15.1. The second-order valence-electron chi connectivity index (χ2n) is 7.58. The summed E-state index contributed by atoms with van der Waals surface area (Å²) in [6.07, 6.45) is 6.91. The van der Waals surface area contributed by atoms with Crippen LogP contribution < -0.4 is 0 Å². The second-order valence-corrected chi connectivity index (χ2v) is 9.81. The normalized spacial score (nSPS) is 28.5. The summed E-state index contributed by atoms with van der Waals surface area (Å²) >= 11 is 0. The third-order valence-corrected chi connectivity index (χ3v) is 7.49. The molecule has 132 valence electrons. The summed E-state index contributed by atoms with van der Waals surface area (Å²) in [7, 11) is -2.86. The number of ether oxygens (including phenoxy) is 1. The molecule has 0 spiro atoms. The maximum atomic E-state index is 11.9. The van der Waals surface area contributed by atoms with Crippen molar-refractivity contribution >= 4 is 9.84 Å². The first-order valence-electron chi connectivity index (χ1n) is 9.26. The van der Waals surface area contributed by atoms with Crippen molar-refractivity contribution in [2.45, 2.75) is 57.2 Å². The molecule has 0 saturated carbocycles. The van der Waals surface area contributed by atoms with Crippen molar-refractivity contribution in [3.05, 3.63) is 34.9 Å². The van der Waals surface area contributed by atoms with Crippen LogP contribution >= 0.6 is 0 Å². The van der Waals surface area contributed by atoms with Gasteiger partial charge in [-0.05, 0) is 55.2 Å². The number of hydrogen-bond acceptors (Lipinski definition) is 4. The van der Waals surface area contributed by atoms with Crippen molar-refractivity contribution < 1.29 is 13.2 Å². The molecule has 24 heavy (non-hydrogen) atoms. The quantitative estimate of drug-likeness (QED) is 0.819. The Bertz CT molecular complexity index is 695. The highest BCUT2D eigenvalue weighted by Crippen LogP contribution is 2.26. The lowest BCUT2D eigenvalue weighted by Crippen LogP contribution is -2.40. The van der Waals surface area contributed by atoms with Crippen molar-refractivity contribution in [1.29, 1.82) is 0 Å². The molecule has 1 aromatic rings. The average Bonchev–Trinajstić information content (AvgIpc) is 3.26. The molecule has 2 atom stereocenters. The van der Waals surface area contributed by atoms with Gasteiger partial charge in [0.05, 0.1) is 17.6 Å². The van der Waals surface area contributed by atoms with Gasteiger partial charge in [0, 0.05) is 25.7 Å². The van der Waals surface area contributed by atoms with Crippen LogP contribution in [0.15, 0.2) is 18.2 Å².